The number of fused-ring (bicyclic) bond motifs is 1. The molecule has 0 bridgehead atoms. The van der Waals surface area contributed by atoms with E-state index in [4.69, 9.17) is 0 Å². The molecule has 3 atom stereocenters. The first-order valence-electron chi connectivity index (χ1n) is 14.0. The molecule has 4 heteroatoms. The van der Waals surface area contributed by atoms with Crippen molar-refractivity contribution in [3.63, 3.8) is 0 Å². The summed E-state index contributed by atoms with van der Waals surface area (Å²) in [5, 5.41) is 3.27. The molecule has 1 unspecified atom stereocenters. The highest BCUT2D eigenvalue weighted by atomic mass is 16.2. The summed E-state index contributed by atoms with van der Waals surface area (Å²) in [6, 6.07) is 0.180. The van der Waals surface area contributed by atoms with Gasteiger partial charge < -0.3 is 5.32 Å². The van der Waals surface area contributed by atoms with Gasteiger partial charge in [0, 0.05) is 18.5 Å². The molecule has 33 heavy (non-hydrogen) atoms. The highest BCUT2D eigenvalue weighted by Gasteiger charge is 2.53. The van der Waals surface area contributed by atoms with Crippen molar-refractivity contribution in [2.24, 2.45) is 22.7 Å². The average molecular weight is 457 g/mol. The van der Waals surface area contributed by atoms with Crippen LogP contribution in [0.2, 0.25) is 0 Å². The summed E-state index contributed by atoms with van der Waals surface area (Å²) in [5.74, 6) is 0.866. The molecule has 0 aromatic heterocycles. The van der Waals surface area contributed by atoms with Crippen molar-refractivity contribution in [3.05, 3.63) is 12.2 Å². The van der Waals surface area contributed by atoms with Crippen molar-refractivity contribution in [2.45, 2.75) is 136 Å². The third-order valence-corrected chi connectivity index (χ3v) is 10.1. The largest absolute Gasteiger partial charge is 0.335 e. The van der Waals surface area contributed by atoms with E-state index in [1.165, 1.54) is 56.9 Å². The van der Waals surface area contributed by atoms with Gasteiger partial charge in [0.25, 0.3) is 0 Å². The van der Waals surface area contributed by atoms with Crippen LogP contribution in [-0.4, -0.2) is 28.9 Å². The first-order valence-corrected chi connectivity index (χ1v) is 14.0. The quantitative estimate of drug-likeness (QED) is 0.449. The first kappa shape index (κ1) is 24.8. The molecule has 4 rings (SSSR count). The molecule has 1 N–H and O–H groups in total. The molecule has 4 aliphatic rings. The molecule has 0 saturated heterocycles. The minimum Gasteiger partial charge on any atom is -0.335 e. The van der Waals surface area contributed by atoms with Crippen molar-refractivity contribution in [2.75, 3.05) is 0 Å². The second-order valence-electron chi connectivity index (χ2n) is 12.7. The van der Waals surface area contributed by atoms with Crippen LogP contribution in [0, 0.1) is 22.7 Å². The maximum Gasteiger partial charge on any atom is 0.324 e. The maximum atomic E-state index is 13.9. The van der Waals surface area contributed by atoms with Crippen LogP contribution >= 0.6 is 0 Å². The molecule has 0 heterocycles. The normalized spacial score (nSPS) is 33.2. The van der Waals surface area contributed by atoms with Gasteiger partial charge >= 0.3 is 6.03 Å². The third-order valence-electron chi connectivity index (χ3n) is 10.1. The van der Waals surface area contributed by atoms with E-state index in [2.05, 4.69) is 32.7 Å². The van der Waals surface area contributed by atoms with Crippen molar-refractivity contribution in [3.8, 4) is 0 Å². The Hall–Kier alpha value is -1.32. The maximum absolute atomic E-state index is 13.9. The number of carbonyl (C=O) groups excluding carboxylic acids is 2. The second kappa shape index (κ2) is 10.1. The zero-order valence-electron chi connectivity index (χ0n) is 21.6. The Kier molecular flexibility index (Phi) is 7.60. The summed E-state index contributed by atoms with van der Waals surface area (Å²) < 4.78 is 0. The molecule has 0 aromatic rings. The summed E-state index contributed by atoms with van der Waals surface area (Å²) >= 11 is 0. The third kappa shape index (κ3) is 5.20. The number of carbonyl (C=O) groups is 2. The molecule has 0 radical (unpaired) electrons. The van der Waals surface area contributed by atoms with Crippen LogP contribution < -0.4 is 5.32 Å². The predicted octanol–water partition coefficient (Wildman–Crippen LogP) is 7.38. The number of allylic oxidation sites excluding steroid dienone is 1. The Morgan fingerprint density at radius 2 is 1.55 bits per heavy atom. The summed E-state index contributed by atoms with van der Waals surface area (Å²) in [6.07, 6.45) is 17.5. The van der Waals surface area contributed by atoms with Gasteiger partial charge in [-0.25, -0.2) is 4.79 Å². The number of rotatable bonds is 4. The summed E-state index contributed by atoms with van der Waals surface area (Å²) in [7, 11) is 0. The summed E-state index contributed by atoms with van der Waals surface area (Å²) in [6.45, 7) is 11.7. The Labute approximate surface area is 202 Å². The zero-order valence-corrected chi connectivity index (χ0v) is 21.6. The number of nitrogens with one attached hydrogen (secondary N) is 1. The van der Waals surface area contributed by atoms with Crippen molar-refractivity contribution in [1.82, 2.24) is 10.2 Å². The molecular weight excluding hydrogens is 408 g/mol. The molecule has 4 fully saturated rings. The number of imide groups is 1. The lowest BCUT2D eigenvalue weighted by molar-refractivity contribution is -0.135. The molecule has 0 aliphatic heterocycles. The topological polar surface area (TPSA) is 49.4 Å². The lowest BCUT2D eigenvalue weighted by atomic mass is 9.47. The molecule has 4 aliphatic carbocycles. The Bertz CT molecular complexity index is 732. The molecule has 4 saturated carbocycles. The van der Waals surface area contributed by atoms with Gasteiger partial charge in [-0.2, -0.15) is 0 Å². The van der Waals surface area contributed by atoms with Crippen LogP contribution in [0.1, 0.15) is 124 Å². The van der Waals surface area contributed by atoms with E-state index in [1.807, 2.05) is 0 Å². The van der Waals surface area contributed by atoms with E-state index in [9.17, 15) is 9.59 Å². The van der Waals surface area contributed by atoms with Gasteiger partial charge in [-0.05, 0) is 74.0 Å². The fraction of sp³-hybridized carbons (Fsp3) is 0.862. The monoisotopic (exact) mass is 456 g/mol. The number of hydrogen-bond donors (Lipinski definition) is 1. The van der Waals surface area contributed by atoms with Gasteiger partial charge in [0.2, 0.25) is 5.91 Å². The number of amides is 3. The minimum atomic E-state index is -0.120. The van der Waals surface area contributed by atoms with Gasteiger partial charge in [0.1, 0.15) is 0 Å². The highest BCUT2D eigenvalue weighted by molar-refractivity contribution is 5.95. The fourth-order valence-corrected chi connectivity index (χ4v) is 8.24. The van der Waals surface area contributed by atoms with Crippen LogP contribution in [-0.2, 0) is 4.79 Å². The van der Waals surface area contributed by atoms with Gasteiger partial charge in [-0.3, -0.25) is 9.69 Å². The van der Waals surface area contributed by atoms with Crippen LogP contribution in [0.3, 0.4) is 0 Å². The van der Waals surface area contributed by atoms with Crippen molar-refractivity contribution >= 4 is 11.9 Å². The second-order valence-corrected chi connectivity index (χ2v) is 12.7. The van der Waals surface area contributed by atoms with Crippen molar-refractivity contribution in [1.29, 1.82) is 0 Å². The highest BCUT2D eigenvalue weighted by Crippen LogP contribution is 2.61. The standard InChI is InChI=1S/C29H48N2O2/c1-21-16-17-25-28(2,3)18-11-19-29(25,4)24(21)20-26(32)31(23-14-9-6-10-15-23)27(33)30-22-12-7-5-8-13-22/h22-25H,1,5-20H2,2-4H3,(H,30,33)/t24-,25?,29-/m1/s1. The molecule has 186 valence electrons. The number of hydrogen-bond acceptors (Lipinski definition) is 2. The van der Waals surface area contributed by atoms with E-state index in [1.54, 1.807) is 4.90 Å². The smallest absolute Gasteiger partial charge is 0.324 e. The van der Waals surface area contributed by atoms with Gasteiger partial charge in [-0.15, -0.1) is 0 Å². The van der Waals surface area contributed by atoms with E-state index in [-0.39, 0.29) is 35.4 Å². The summed E-state index contributed by atoms with van der Waals surface area (Å²) in [5.41, 5.74) is 1.68. The molecule has 4 nitrogen and oxygen atoms in total. The SMILES string of the molecule is C=C1CCC2C(C)(C)CCC[C@]2(C)[C@@H]1CC(=O)N(C(=O)NC1CCCCC1)C1CCCCC1. The van der Waals surface area contributed by atoms with Crippen LogP contribution in [0.25, 0.3) is 0 Å². The molecule has 3 amide bonds. The molecular formula is C29H48N2O2. The molecule has 0 spiro atoms. The Morgan fingerprint density at radius 3 is 2.21 bits per heavy atom. The van der Waals surface area contributed by atoms with Crippen LogP contribution in [0.15, 0.2) is 12.2 Å². The average Bonchev–Trinajstić information content (AvgIpc) is 2.77. The minimum absolute atomic E-state index is 0.0478. The predicted molar refractivity (Wildman–Crippen MR) is 135 cm³/mol. The van der Waals surface area contributed by atoms with Crippen molar-refractivity contribution < 1.29 is 9.59 Å². The van der Waals surface area contributed by atoms with E-state index >= 15 is 0 Å². The molecule has 0 aromatic carbocycles. The lowest BCUT2D eigenvalue weighted by Crippen LogP contribution is -2.55. The first-order chi connectivity index (χ1) is 15.7. The van der Waals surface area contributed by atoms with E-state index in [0.29, 0.717) is 17.8 Å². The Balaban J connectivity index is 1.53. The van der Waals surface area contributed by atoms with E-state index in [0.717, 1.165) is 44.9 Å². The zero-order chi connectivity index (χ0) is 23.6. The van der Waals surface area contributed by atoms with Gasteiger partial charge in [0.15, 0.2) is 0 Å². The Morgan fingerprint density at radius 1 is 0.909 bits per heavy atom. The lowest BCUT2D eigenvalue weighted by Gasteiger charge is -2.58. The number of nitrogens with zero attached hydrogens (tertiary/aromatic N) is 1. The van der Waals surface area contributed by atoms with Gasteiger partial charge in [0.05, 0.1) is 0 Å². The van der Waals surface area contributed by atoms with E-state index < -0.39 is 0 Å². The fourth-order valence-electron chi connectivity index (χ4n) is 8.24. The van der Waals surface area contributed by atoms with Crippen LogP contribution in [0.4, 0.5) is 4.79 Å². The number of urea groups is 1. The van der Waals surface area contributed by atoms with Gasteiger partial charge in [-0.1, -0.05) is 77.9 Å². The summed E-state index contributed by atoms with van der Waals surface area (Å²) in [4.78, 5) is 29.1. The van der Waals surface area contributed by atoms with Crippen LogP contribution in [0.5, 0.6) is 0 Å².